The molecule has 0 unspecified atom stereocenters. The number of benzene rings is 2. The van der Waals surface area contributed by atoms with Gasteiger partial charge in [-0.2, -0.15) is 8.78 Å². The van der Waals surface area contributed by atoms with Crippen LogP contribution in [0.1, 0.15) is 43.4 Å². The molecule has 0 atom stereocenters. The fourth-order valence-electron chi connectivity index (χ4n) is 2.77. The van der Waals surface area contributed by atoms with Crippen molar-refractivity contribution < 1.29 is 23.0 Å². The van der Waals surface area contributed by atoms with Gasteiger partial charge in [0.15, 0.2) is 11.5 Å². The molecule has 4 nitrogen and oxygen atoms in total. The molecule has 0 fully saturated rings. The summed E-state index contributed by atoms with van der Waals surface area (Å²) in [7, 11) is 0. The lowest BCUT2D eigenvalue weighted by Crippen LogP contribution is -2.11. The SMILES string of the molecule is CCOc1cc(/C=C/C(=O)Nc2c(C)cccc2C(C)C)ccc1OC(F)F. The van der Waals surface area contributed by atoms with Gasteiger partial charge in [0.2, 0.25) is 5.91 Å². The van der Waals surface area contributed by atoms with Crippen LogP contribution in [0.25, 0.3) is 6.08 Å². The summed E-state index contributed by atoms with van der Waals surface area (Å²) >= 11 is 0. The van der Waals surface area contributed by atoms with E-state index in [-0.39, 0.29) is 23.3 Å². The second-order valence-corrected chi connectivity index (χ2v) is 6.53. The average Bonchev–Trinajstić information content (AvgIpc) is 2.63. The molecular formula is C22H25F2NO3. The van der Waals surface area contributed by atoms with Crippen LogP contribution in [0.2, 0.25) is 0 Å². The van der Waals surface area contributed by atoms with Gasteiger partial charge in [0.05, 0.1) is 6.61 Å². The third-order valence-electron chi connectivity index (χ3n) is 4.09. The second-order valence-electron chi connectivity index (χ2n) is 6.53. The minimum Gasteiger partial charge on any atom is -0.490 e. The summed E-state index contributed by atoms with van der Waals surface area (Å²) in [4.78, 5) is 12.4. The zero-order valence-corrected chi connectivity index (χ0v) is 16.5. The van der Waals surface area contributed by atoms with Gasteiger partial charge >= 0.3 is 6.61 Å². The maximum absolute atomic E-state index is 12.5. The molecule has 2 aromatic carbocycles. The summed E-state index contributed by atoms with van der Waals surface area (Å²) in [6.45, 7) is 5.20. The minimum atomic E-state index is -2.93. The quantitative estimate of drug-likeness (QED) is 0.583. The molecule has 6 heteroatoms. The number of carbonyl (C=O) groups is 1. The molecule has 0 aliphatic rings. The van der Waals surface area contributed by atoms with Crippen LogP contribution < -0.4 is 14.8 Å². The number of halogens is 2. The Morgan fingerprint density at radius 2 is 1.93 bits per heavy atom. The molecule has 0 spiro atoms. The number of hydrogen-bond donors (Lipinski definition) is 1. The normalized spacial score (nSPS) is 11.3. The number of anilines is 1. The molecule has 0 saturated heterocycles. The number of rotatable bonds is 8. The summed E-state index contributed by atoms with van der Waals surface area (Å²) in [6.07, 6.45) is 2.99. The van der Waals surface area contributed by atoms with Crippen molar-refractivity contribution in [1.29, 1.82) is 0 Å². The highest BCUT2D eigenvalue weighted by atomic mass is 19.3. The van der Waals surface area contributed by atoms with Crippen molar-refractivity contribution in [1.82, 2.24) is 0 Å². The Kier molecular flexibility index (Phi) is 7.55. The zero-order chi connectivity index (χ0) is 20.7. The Balaban J connectivity index is 2.17. The molecule has 0 heterocycles. The van der Waals surface area contributed by atoms with Crippen LogP contribution in [0, 0.1) is 6.92 Å². The van der Waals surface area contributed by atoms with E-state index in [1.54, 1.807) is 25.1 Å². The molecule has 0 saturated carbocycles. The van der Waals surface area contributed by atoms with Crippen molar-refractivity contribution in [3.63, 3.8) is 0 Å². The summed E-state index contributed by atoms with van der Waals surface area (Å²) in [5, 5.41) is 2.93. The Bertz CT molecular complexity index is 848. The van der Waals surface area contributed by atoms with E-state index in [2.05, 4.69) is 23.9 Å². The van der Waals surface area contributed by atoms with Gasteiger partial charge in [-0.05, 0) is 54.7 Å². The highest BCUT2D eigenvalue weighted by molar-refractivity contribution is 6.02. The number of alkyl halides is 2. The van der Waals surface area contributed by atoms with Crippen molar-refractivity contribution in [3.8, 4) is 11.5 Å². The summed E-state index contributed by atoms with van der Waals surface area (Å²) in [5.74, 6) is 0.156. The van der Waals surface area contributed by atoms with E-state index >= 15 is 0 Å². The second kappa shape index (κ2) is 9.88. The molecule has 0 aliphatic heterocycles. The van der Waals surface area contributed by atoms with E-state index in [4.69, 9.17) is 4.74 Å². The van der Waals surface area contributed by atoms with Crippen molar-refractivity contribution in [3.05, 3.63) is 59.2 Å². The largest absolute Gasteiger partial charge is 0.490 e. The zero-order valence-electron chi connectivity index (χ0n) is 16.5. The molecule has 0 aliphatic carbocycles. The number of carbonyl (C=O) groups excluding carboxylic acids is 1. The van der Waals surface area contributed by atoms with Crippen LogP contribution in [0.4, 0.5) is 14.5 Å². The Morgan fingerprint density at radius 3 is 2.57 bits per heavy atom. The van der Waals surface area contributed by atoms with E-state index in [1.807, 2.05) is 25.1 Å². The van der Waals surface area contributed by atoms with Crippen molar-refractivity contribution in [2.24, 2.45) is 0 Å². The molecule has 0 radical (unpaired) electrons. The van der Waals surface area contributed by atoms with E-state index in [0.29, 0.717) is 12.2 Å². The van der Waals surface area contributed by atoms with Gasteiger partial charge in [-0.15, -0.1) is 0 Å². The highest BCUT2D eigenvalue weighted by Gasteiger charge is 2.12. The maximum atomic E-state index is 12.5. The Hall–Kier alpha value is -2.89. The van der Waals surface area contributed by atoms with Crippen LogP contribution >= 0.6 is 0 Å². The van der Waals surface area contributed by atoms with Crippen LogP contribution in [-0.4, -0.2) is 19.1 Å². The predicted molar refractivity (Wildman–Crippen MR) is 107 cm³/mol. The van der Waals surface area contributed by atoms with Gasteiger partial charge in [-0.1, -0.05) is 38.1 Å². The molecule has 0 bridgehead atoms. The maximum Gasteiger partial charge on any atom is 0.387 e. The van der Waals surface area contributed by atoms with Crippen molar-refractivity contribution in [2.45, 2.75) is 40.2 Å². The predicted octanol–water partition coefficient (Wildman–Crippen LogP) is 5.77. The molecule has 1 N–H and O–H groups in total. The van der Waals surface area contributed by atoms with Crippen molar-refractivity contribution in [2.75, 3.05) is 11.9 Å². The monoisotopic (exact) mass is 389 g/mol. The molecular weight excluding hydrogens is 364 g/mol. The lowest BCUT2D eigenvalue weighted by atomic mass is 9.98. The van der Waals surface area contributed by atoms with E-state index in [0.717, 1.165) is 16.8 Å². The molecule has 2 aromatic rings. The van der Waals surface area contributed by atoms with E-state index in [9.17, 15) is 13.6 Å². The first-order valence-corrected chi connectivity index (χ1v) is 9.12. The van der Waals surface area contributed by atoms with Crippen LogP contribution in [0.3, 0.4) is 0 Å². The van der Waals surface area contributed by atoms with Gasteiger partial charge in [-0.25, -0.2) is 0 Å². The summed E-state index contributed by atoms with van der Waals surface area (Å²) < 4.78 is 34.7. The number of hydrogen-bond acceptors (Lipinski definition) is 3. The molecule has 150 valence electrons. The molecule has 0 aromatic heterocycles. The van der Waals surface area contributed by atoms with Crippen molar-refractivity contribution >= 4 is 17.7 Å². The molecule has 28 heavy (non-hydrogen) atoms. The van der Waals surface area contributed by atoms with E-state index in [1.165, 1.54) is 12.1 Å². The third-order valence-corrected chi connectivity index (χ3v) is 4.09. The Morgan fingerprint density at radius 1 is 1.18 bits per heavy atom. The number of nitrogens with one attached hydrogen (secondary N) is 1. The highest BCUT2D eigenvalue weighted by Crippen LogP contribution is 2.30. The van der Waals surface area contributed by atoms with E-state index < -0.39 is 6.61 Å². The van der Waals surface area contributed by atoms with Gasteiger partial charge in [-0.3, -0.25) is 4.79 Å². The topological polar surface area (TPSA) is 47.6 Å². The number of ether oxygens (including phenoxy) is 2. The number of aryl methyl sites for hydroxylation is 1. The fourth-order valence-corrected chi connectivity index (χ4v) is 2.77. The summed E-state index contributed by atoms with van der Waals surface area (Å²) in [6, 6.07) is 10.4. The van der Waals surface area contributed by atoms with Gasteiger partial charge < -0.3 is 14.8 Å². The lowest BCUT2D eigenvalue weighted by molar-refractivity contribution is -0.111. The fraction of sp³-hybridized carbons (Fsp3) is 0.318. The summed E-state index contributed by atoms with van der Waals surface area (Å²) in [5.41, 5.74) is 3.49. The van der Waals surface area contributed by atoms with Crippen LogP contribution in [0.15, 0.2) is 42.5 Å². The number of para-hydroxylation sites is 1. The smallest absolute Gasteiger partial charge is 0.387 e. The number of amides is 1. The first-order valence-electron chi connectivity index (χ1n) is 9.12. The minimum absolute atomic E-state index is 0.0417. The van der Waals surface area contributed by atoms with Gasteiger partial charge in [0.1, 0.15) is 0 Å². The Labute approximate surface area is 164 Å². The first-order chi connectivity index (χ1) is 13.3. The average molecular weight is 389 g/mol. The lowest BCUT2D eigenvalue weighted by Gasteiger charge is -2.15. The standard InChI is InChI=1S/C22H25F2NO3/c1-5-27-19-13-16(9-11-18(19)28-22(23)24)10-12-20(26)25-21-15(4)7-6-8-17(21)14(2)3/h6-14,22H,5H2,1-4H3,(H,25,26)/b12-10+. The first kappa shape index (κ1) is 21.4. The molecule has 1 amide bonds. The van der Waals surface area contributed by atoms with Gasteiger partial charge in [0, 0.05) is 11.8 Å². The molecule has 2 rings (SSSR count). The van der Waals surface area contributed by atoms with Crippen LogP contribution in [0.5, 0.6) is 11.5 Å². The third kappa shape index (κ3) is 5.81. The van der Waals surface area contributed by atoms with Gasteiger partial charge in [0.25, 0.3) is 0 Å². The van der Waals surface area contributed by atoms with Crippen LogP contribution in [-0.2, 0) is 4.79 Å².